The van der Waals surface area contributed by atoms with Crippen LogP contribution in [0.3, 0.4) is 0 Å². The molecule has 0 radical (unpaired) electrons. The van der Waals surface area contributed by atoms with Crippen LogP contribution in [0.2, 0.25) is 0 Å². The summed E-state index contributed by atoms with van der Waals surface area (Å²) in [6.07, 6.45) is 1.24. The third-order valence-corrected chi connectivity index (χ3v) is 3.92. The molecule has 1 N–H and O–H groups in total. The molecule has 1 aliphatic heterocycles. The van der Waals surface area contributed by atoms with Gasteiger partial charge in [0.2, 0.25) is 5.91 Å². The number of benzene rings is 1. The number of amides is 2. The number of likely N-dealkylation sites (tertiary alicyclic amines) is 1. The molecule has 1 atom stereocenters. The number of anilines is 1. The molecule has 0 saturated carbocycles. The first-order chi connectivity index (χ1) is 11.0. The molecule has 2 amide bonds. The van der Waals surface area contributed by atoms with E-state index in [4.69, 9.17) is 4.74 Å². The number of carbonyl (C=O) groups excluding carboxylic acids is 2. The van der Waals surface area contributed by atoms with Crippen LogP contribution in [0.4, 0.5) is 10.5 Å². The number of nitrogens with zero attached hydrogens (tertiary/aromatic N) is 2. The van der Waals surface area contributed by atoms with Gasteiger partial charge in [0.15, 0.2) is 0 Å². The number of nitrogens with one attached hydrogen (secondary N) is 1. The third kappa shape index (κ3) is 4.96. The Hall–Kier alpha value is -2.08. The number of rotatable bonds is 4. The molecule has 0 aliphatic carbocycles. The number of ether oxygens (including phenoxy) is 1. The van der Waals surface area contributed by atoms with Crippen LogP contribution in [0.15, 0.2) is 24.3 Å². The topological polar surface area (TPSA) is 61.9 Å². The average Bonchev–Trinajstić information content (AvgIpc) is 2.54. The minimum absolute atomic E-state index is 0.0411. The molecule has 126 valence electrons. The summed E-state index contributed by atoms with van der Waals surface area (Å²) >= 11 is 0. The quantitative estimate of drug-likeness (QED) is 0.924. The highest BCUT2D eigenvalue weighted by molar-refractivity contribution is 5.93. The highest BCUT2D eigenvalue weighted by Crippen LogP contribution is 2.20. The largest absolute Gasteiger partial charge is 0.453 e. The van der Waals surface area contributed by atoms with E-state index in [-0.39, 0.29) is 17.9 Å². The molecule has 0 bridgehead atoms. The second-order valence-electron chi connectivity index (χ2n) is 6.18. The minimum Gasteiger partial charge on any atom is -0.453 e. The number of methoxy groups -OCH3 is 1. The minimum atomic E-state index is -0.365. The zero-order valence-corrected chi connectivity index (χ0v) is 14.0. The van der Waals surface area contributed by atoms with Crippen LogP contribution >= 0.6 is 0 Å². The van der Waals surface area contributed by atoms with E-state index in [0.717, 1.165) is 30.6 Å². The summed E-state index contributed by atoms with van der Waals surface area (Å²) in [5.41, 5.74) is 1.94. The number of hydrogen-bond acceptors (Lipinski definition) is 4. The molecule has 1 aromatic rings. The van der Waals surface area contributed by atoms with Crippen LogP contribution < -0.4 is 5.32 Å². The summed E-state index contributed by atoms with van der Waals surface area (Å²) in [6, 6.07) is 7.85. The number of hydrogen-bond donors (Lipinski definition) is 1. The van der Waals surface area contributed by atoms with Crippen molar-refractivity contribution in [1.82, 2.24) is 9.80 Å². The molecule has 23 heavy (non-hydrogen) atoms. The summed E-state index contributed by atoms with van der Waals surface area (Å²) < 4.78 is 4.74. The Morgan fingerprint density at radius 2 is 2.17 bits per heavy atom. The van der Waals surface area contributed by atoms with Crippen LogP contribution in [0.25, 0.3) is 0 Å². The summed E-state index contributed by atoms with van der Waals surface area (Å²) in [4.78, 5) is 27.7. The Morgan fingerprint density at radius 1 is 1.39 bits per heavy atom. The van der Waals surface area contributed by atoms with E-state index in [2.05, 4.69) is 10.2 Å². The molecular weight excluding hydrogens is 294 g/mol. The average molecular weight is 319 g/mol. The highest BCUT2D eigenvalue weighted by atomic mass is 16.5. The monoisotopic (exact) mass is 319 g/mol. The predicted octanol–water partition coefficient (Wildman–Crippen LogP) is 2.17. The second-order valence-corrected chi connectivity index (χ2v) is 6.18. The molecular formula is C17H25N3O3. The summed E-state index contributed by atoms with van der Waals surface area (Å²) in [7, 11) is 5.38. The molecule has 2 rings (SSSR count). The van der Waals surface area contributed by atoms with Gasteiger partial charge in [-0.1, -0.05) is 12.1 Å². The Morgan fingerprint density at radius 3 is 2.87 bits per heavy atom. The molecule has 1 aromatic carbocycles. The van der Waals surface area contributed by atoms with E-state index in [1.165, 1.54) is 7.11 Å². The lowest BCUT2D eigenvalue weighted by atomic mass is 9.97. The standard InChI is InChI=1S/C17H25N3O3/c1-19(2)11-13-6-4-8-15(10-13)18-16(21)14-7-5-9-20(12-14)17(22)23-3/h4,6,8,10,14H,5,7,9,11-12H2,1-3H3,(H,18,21). The lowest BCUT2D eigenvalue weighted by Gasteiger charge is -2.30. The second kappa shape index (κ2) is 7.97. The van der Waals surface area contributed by atoms with Gasteiger partial charge in [-0.25, -0.2) is 4.79 Å². The third-order valence-electron chi connectivity index (χ3n) is 3.92. The molecule has 1 unspecified atom stereocenters. The molecule has 1 heterocycles. The SMILES string of the molecule is COC(=O)N1CCCC(C(=O)Nc2cccc(CN(C)C)c2)C1. The van der Waals surface area contributed by atoms with Gasteiger partial charge < -0.3 is 19.9 Å². The fourth-order valence-electron chi connectivity index (χ4n) is 2.84. The van der Waals surface area contributed by atoms with Gasteiger partial charge in [0, 0.05) is 25.3 Å². The van der Waals surface area contributed by atoms with Gasteiger partial charge in [0.05, 0.1) is 13.0 Å². The van der Waals surface area contributed by atoms with Crippen molar-refractivity contribution in [3.63, 3.8) is 0 Å². The van der Waals surface area contributed by atoms with Gasteiger partial charge in [-0.05, 0) is 44.6 Å². The van der Waals surface area contributed by atoms with Gasteiger partial charge >= 0.3 is 6.09 Å². The smallest absolute Gasteiger partial charge is 0.409 e. The molecule has 6 nitrogen and oxygen atoms in total. The van der Waals surface area contributed by atoms with Gasteiger partial charge in [-0.2, -0.15) is 0 Å². The van der Waals surface area contributed by atoms with Gasteiger partial charge in [0.1, 0.15) is 0 Å². The van der Waals surface area contributed by atoms with E-state index < -0.39 is 0 Å². The van der Waals surface area contributed by atoms with Crippen LogP contribution in [0.5, 0.6) is 0 Å². The van der Waals surface area contributed by atoms with Crippen molar-refractivity contribution < 1.29 is 14.3 Å². The van der Waals surface area contributed by atoms with Crippen molar-refractivity contribution in [3.05, 3.63) is 29.8 Å². The Balaban J connectivity index is 1.97. The lowest BCUT2D eigenvalue weighted by molar-refractivity contribution is -0.121. The van der Waals surface area contributed by atoms with Crippen LogP contribution in [0, 0.1) is 5.92 Å². The van der Waals surface area contributed by atoms with Crippen molar-refractivity contribution in [2.24, 2.45) is 5.92 Å². The maximum Gasteiger partial charge on any atom is 0.409 e. The molecule has 0 spiro atoms. The Kier molecular flexibility index (Phi) is 5.98. The maximum atomic E-state index is 12.5. The van der Waals surface area contributed by atoms with Crippen molar-refractivity contribution in [3.8, 4) is 0 Å². The van der Waals surface area contributed by atoms with Crippen molar-refractivity contribution in [1.29, 1.82) is 0 Å². The van der Waals surface area contributed by atoms with Crippen molar-refractivity contribution >= 4 is 17.7 Å². The van der Waals surface area contributed by atoms with Gasteiger partial charge in [-0.3, -0.25) is 4.79 Å². The molecule has 1 aliphatic rings. The molecule has 1 fully saturated rings. The predicted molar refractivity (Wildman–Crippen MR) is 89.2 cm³/mol. The Bertz CT molecular complexity index is 560. The first-order valence-corrected chi connectivity index (χ1v) is 7.87. The van der Waals surface area contributed by atoms with Crippen molar-refractivity contribution in [2.45, 2.75) is 19.4 Å². The number of piperidine rings is 1. The zero-order chi connectivity index (χ0) is 16.8. The fourth-order valence-corrected chi connectivity index (χ4v) is 2.84. The van der Waals surface area contributed by atoms with E-state index in [1.54, 1.807) is 4.90 Å². The van der Waals surface area contributed by atoms with Crippen molar-refractivity contribution in [2.75, 3.05) is 39.6 Å². The summed E-state index contributed by atoms with van der Waals surface area (Å²) in [5.74, 6) is -0.235. The molecule has 1 saturated heterocycles. The normalized spacial score (nSPS) is 17.9. The maximum absolute atomic E-state index is 12.5. The summed E-state index contributed by atoms with van der Waals surface area (Å²) in [5, 5.41) is 2.97. The lowest BCUT2D eigenvalue weighted by Crippen LogP contribution is -2.43. The first kappa shape index (κ1) is 17.3. The van der Waals surface area contributed by atoms with Crippen LogP contribution in [0.1, 0.15) is 18.4 Å². The first-order valence-electron chi connectivity index (χ1n) is 7.87. The molecule has 6 heteroatoms. The summed E-state index contributed by atoms with van der Waals surface area (Å²) in [6.45, 7) is 1.88. The van der Waals surface area contributed by atoms with Crippen LogP contribution in [-0.4, -0.2) is 56.1 Å². The van der Waals surface area contributed by atoms with Crippen LogP contribution in [-0.2, 0) is 16.1 Å². The Labute approximate surface area is 137 Å². The van der Waals surface area contributed by atoms with E-state index in [0.29, 0.717) is 13.1 Å². The highest BCUT2D eigenvalue weighted by Gasteiger charge is 2.28. The van der Waals surface area contributed by atoms with E-state index >= 15 is 0 Å². The molecule has 0 aromatic heterocycles. The van der Waals surface area contributed by atoms with E-state index in [9.17, 15) is 9.59 Å². The zero-order valence-electron chi connectivity index (χ0n) is 14.0. The number of carbonyl (C=O) groups is 2. The fraction of sp³-hybridized carbons (Fsp3) is 0.529. The van der Waals surface area contributed by atoms with Gasteiger partial charge in [0.25, 0.3) is 0 Å². The van der Waals surface area contributed by atoms with Gasteiger partial charge in [-0.15, -0.1) is 0 Å². The van der Waals surface area contributed by atoms with E-state index in [1.807, 2.05) is 38.4 Å².